The first kappa shape index (κ1) is 20.0. The monoisotopic (exact) mass is 425 g/mol. The highest BCUT2D eigenvalue weighted by atomic mass is 32.2. The van der Waals surface area contributed by atoms with Gasteiger partial charge in [0.25, 0.3) is 4.84 Å². The maximum Gasteiger partial charge on any atom is 0.270 e. The van der Waals surface area contributed by atoms with E-state index in [0.29, 0.717) is 43.4 Å². The molecule has 0 aliphatic carbocycles. The summed E-state index contributed by atoms with van der Waals surface area (Å²) in [5.74, 6) is 0. The van der Waals surface area contributed by atoms with Crippen LogP contribution in [0.2, 0.25) is 0 Å². The Balaban J connectivity index is 1.65. The normalized spacial score (nSPS) is 20.9. The maximum atomic E-state index is 13.0. The zero-order valence-electron chi connectivity index (χ0n) is 16.0. The number of likely N-dealkylation sites (tertiary alicyclic amines) is 1. The van der Waals surface area contributed by atoms with E-state index in [9.17, 15) is 8.42 Å². The van der Waals surface area contributed by atoms with Gasteiger partial charge in [-0.15, -0.1) is 0 Å². The molecule has 2 aromatic rings. The number of hydrogen-bond acceptors (Lipinski definition) is 6. The van der Waals surface area contributed by atoms with Crippen LogP contribution in [0.15, 0.2) is 27.5 Å². The summed E-state index contributed by atoms with van der Waals surface area (Å²) < 4.78 is 40.5. The van der Waals surface area contributed by atoms with Crippen LogP contribution < -0.4 is 0 Å². The lowest BCUT2D eigenvalue weighted by Crippen LogP contribution is -2.40. The van der Waals surface area contributed by atoms with E-state index in [1.54, 1.807) is 18.2 Å². The fourth-order valence-corrected chi connectivity index (χ4v) is 5.60. The molecule has 3 heterocycles. The molecule has 0 N–H and O–H groups in total. The third-order valence-corrected chi connectivity index (χ3v) is 7.74. The van der Waals surface area contributed by atoms with Crippen LogP contribution in [0, 0.1) is 4.84 Å². The van der Waals surface area contributed by atoms with E-state index in [-0.39, 0.29) is 4.90 Å². The first-order valence-electron chi connectivity index (χ1n) is 9.99. The standard InChI is InChI=1S/C19H27N3O4S2/c23-28(24,21-10-12-25-13-11-21)16-6-7-18-17(14-16)22(19(27)26-18)15-20-8-4-2-1-3-5-9-20/h6-7,14H,1-5,8-13,15H2. The highest BCUT2D eigenvalue weighted by Gasteiger charge is 2.27. The van der Waals surface area contributed by atoms with Crippen molar-refractivity contribution < 1.29 is 17.6 Å². The van der Waals surface area contributed by atoms with Crippen molar-refractivity contribution in [3.05, 3.63) is 23.0 Å². The largest absolute Gasteiger partial charge is 0.429 e. The highest BCUT2D eigenvalue weighted by molar-refractivity contribution is 7.89. The number of sulfonamides is 1. The van der Waals surface area contributed by atoms with Gasteiger partial charge in [-0.2, -0.15) is 4.31 Å². The van der Waals surface area contributed by atoms with Crippen molar-refractivity contribution in [1.82, 2.24) is 13.8 Å². The second-order valence-corrected chi connectivity index (χ2v) is 9.76. The van der Waals surface area contributed by atoms with Crippen LogP contribution in [0.5, 0.6) is 0 Å². The number of fused-ring (bicyclic) bond motifs is 1. The summed E-state index contributed by atoms with van der Waals surface area (Å²) >= 11 is 5.44. The SMILES string of the molecule is O=S(=O)(c1ccc2oc(=S)n(CN3CCCCCCC3)c2c1)N1CCOCC1. The molecule has 2 aliphatic heterocycles. The third kappa shape index (κ3) is 4.18. The second-order valence-electron chi connectivity index (χ2n) is 7.47. The lowest BCUT2D eigenvalue weighted by Gasteiger charge is -2.26. The second kappa shape index (κ2) is 8.62. The van der Waals surface area contributed by atoms with E-state index in [2.05, 4.69) is 4.90 Å². The molecule has 0 spiro atoms. The summed E-state index contributed by atoms with van der Waals surface area (Å²) in [5, 5.41) is 0. The number of benzene rings is 1. The van der Waals surface area contributed by atoms with Gasteiger partial charge in [0.05, 0.1) is 30.3 Å². The summed E-state index contributed by atoms with van der Waals surface area (Å²) in [6.45, 7) is 4.31. The average Bonchev–Trinajstić information content (AvgIpc) is 2.99. The molecule has 2 saturated heterocycles. The van der Waals surface area contributed by atoms with Gasteiger partial charge in [0.15, 0.2) is 5.58 Å². The molecule has 0 unspecified atom stereocenters. The Hall–Kier alpha value is -1.26. The molecule has 4 rings (SSSR count). The molecular formula is C19H27N3O4S2. The number of morpholine rings is 1. The summed E-state index contributed by atoms with van der Waals surface area (Å²) in [6, 6.07) is 5.01. The van der Waals surface area contributed by atoms with Crippen molar-refractivity contribution in [2.45, 2.75) is 43.7 Å². The number of ether oxygens (including phenoxy) is 1. The van der Waals surface area contributed by atoms with Crippen LogP contribution in [0.1, 0.15) is 32.1 Å². The van der Waals surface area contributed by atoms with Crippen molar-refractivity contribution in [3.63, 3.8) is 0 Å². The van der Waals surface area contributed by atoms with Crippen molar-refractivity contribution in [3.8, 4) is 0 Å². The van der Waals surface area contributed by atoms with Crippen LogP contribution >= 0.6 is 12.2 Å². The van der Waals surface area contributed by atoms with Crippen LogP contribution in [0.4, 0.5) is 0 Å². The molecule has 0 bridgehead atoms. The summed E-state index contributed by atoms with van der Waals surface area (Å²) in [6.07, 6.45) is 6.19. The smallest absolute Gasteiger partial charge is 0.270 e. The topological polar surface area (TPSA) is 67.9 Å². The van der Waals surface area contributed by atoms with Crippen LogP contribution in [0.3, 0.4) is 0 Å². The molecule has 2 aliphatic rings. The molecule has 0 amide bonds. The quantitative estimate of drug-likeness (QED) is 0.701. The van der Waals surface area contributed by atoms with E-state index < -0.39 is 10.0 Å². The summed E-state index contributed by atoms with van der Waals surface area (Å²) in [5.41, 5.74) is 1.36. The van der Waals surface area contributed by atoms with Crippen molar-refractivity contribution in [2.75, 3.05) is 39.4 Å². The lowest BCUT2D eigenvalue weighted by molar-refractivity contribution is 0.0730. The minimum atomic E-state index is -3.55. The van der Waals surface area contributed by atoms with Gasteiger partial charge < -0.3 is 9.15 Å². The lowest BCUT2D eigenvalue weighted by atomic mass is 10.1. The Bertz CT molecular complexity index is 969. The van der Waals surface area contributed by atoms with Gasteiger partial charge in [-0.3, -0.25) is 9.47 Å². The van der Waals surface area contributed by atoms with Crippen molar-refractivity contribution in [1.29, 1.82) is 0 Å². The van der Waals surface area contributed by atoms with Gasteiger partial charge >= 0.3 is 0 Å². The zero-order chi connectivity index (χ0) is 19.6. The predicted molar refractivity (Wildman–Crippen MR) is 109 cm³/mol. The van der Waals surface area contributed by atoms with Crippen molar-refractivity contribution in [2.24, 2.45) is 0 Å². The molecule has 1 aromatic carbocycles. The van der Waals surface area contributed by atoms with Gasteiger partial charge in [-0.1, -0.05) is 19.3 Å². The van der Waals surface area contributed by atoms with Gasteiger partial charge in [0.1, 0.15) is 0 Å². The number of aromatic nitrogens is 1. The molecule has 1 aromatic heterocycles. The molecule has 28 heavy (non-hydrogen) atoms. The van der Waals surface area contributed by atoms with Crippen LogP contribution in [-0.2, 0) is 21.4 Å². The van der Waals surface area contributed by atoms with E-state index in [0.717, 1.165) is 18.6 Å². The average molecular weight is 426 g/mol. The van der Waals surface area contributed by atoms with Crippen LogP contribution in [-0.4, -0.2) is 61.6 Å². The zero-order valence-corrected chi connectivity index (χ0v) is 17.6. The van der Waals surface area contributed by atoms with Gasteiger partial charge in [0.2, 0.25) is 10.0 Å². The Kier molecular flexibility index (Phi) is 6.17. The van der Waals surface area contributed by atoms with Gasteiger partial charge in [-0.05, 0) is 56.3 Å². The van der Waals surface area contributed by atoms with Crippen LogP contribution in [0.25, 0.3) is 11.1 Å². The van der Waals surface area contributed by atoms with E-state index in [1.165, 1.54) is 36.4 Å². The fraction of sp³-hybridized carbons (Fsp3) is 0.632. The summed E-state index contributed by atoms with van der Waals surface area (Å²) in [4.78, 5) is 3.05. The fourth-order valence-electron chi connectivity index (χ4n) is 3.93. The molecule has 0 saturated carbocycles. The number of rotatable bonds is 4. The van der Waals surface area contributed by atoms with Gasteiger partial charge in [0, 0.05) is 13.1 Å². The summed E-state index contributed by atoms with van der Waals surface area (Å²) in [7, 11) is -3.55. The first-order valence-corrected chi connectivity index (χ1v) is 11.8. The minimum Gasteiger partial charge on any atom is -0.429 e. The Morgan fingerprint density at radius 3 is 2.36 bits per heavy atom. The molecule has 2 fully saturated rings. The predicted octanol–water partition coefficient (Wildman–Crippen LogP) is 3.21. The molecule has 9 heteroatoms. The molecular weight excluding hydrogens is 398 g/mol. The van der Waals surface area contributed by atoms with Crippen molar-refractivity contribution >= 4 is 33.3 Å². The minimum absolute atomic E-state index is 0.277. The molecule has 0 atom stereocenters. The van der Waals surface area contributed by atoms with E-state index in [1.807, 2.05) is 4.57 Å². The Morgan fingerprint density at radius 2 is 1.64 bits per heavy atom. The number of nitrogens with zero attached hydrogens (tertiary/aromatic N) is 3. The Labute approximate surface area is 170 Å². The molecule has 0 radical (unpaired) electrons. The van der Waals surface area contributed by atoms with E-state index >= 15 is 0 Å². The maximum absolute atomic E-state index is 13.0. The third-order valence-electron chi connectivity index (χ3n) is 5.54. The molecule has 154 valence electrons. The van der Waals surface area contributed by atoms with E-state index in [4.69, 9.17) is 21.4 Å². The number of hydrogen-bond donors (Lipinski definition) is 0. The Morgan fingerprint density at radius 1 is 0.964 bits per heavy atom. The first-order chi connectivity index (χ1) is 13.6. The highest BCUT2D eigenvalue weighted by Crippen LogP contribution is 2.25. The number of oxazole rings is 1. The van der Waals surface area contributed by atoms with Gasteiger partial charge in [-0.25, -0.2) is 8.42 Å². The molecule has 7 nitrogen and oxygen atoms in total.